The maximum atomic E-state index is 13.7. The van der Waals surface area contributed by atoms with Crippen molar-refractivity contribution < 1.29 is 18.7 Å². The van der Waals surface area contributed by atoms with E-state index >= 15 is 0 Å². The first-order valence-corrected chi connectivity index (χ1v) is 9.73. The third-order valence-electron chi connectivity index (χ3n) is 4.70. The van der Waals surface area contributed by atoms with Crippen molar-refractivity contribution in [1.82, 2.24) is 9.80 Å². The Kier molecular flexibility index (Phi) is 7.38. The lowest BCUT2D eigenvalue weighted by Gasteiger charge is -2.34. The van der Waals surface area contributed by atoms with Crippen molar-refractivity contribution in [2.45, 2.75) is 6.54 Å². The summed E-state index contributed by atoms with van der Waals surface area (Å²) in [6.45, 7) is 3.21. The normalized spacial score (nSPS) is 14.9. The first-order chi connectivity index (χ1) is 14.0. The molecule has 0 aliphatic carbocycles. The number of rotatable bonds is 6. The Morgan fingerprint density at radius 1 is 1.03 bits per heavy atom. The Hall–Kier alpha value is -2.70. The molecule has 7 heteroatoms. The van der Waals surface area contributed by atoms with E-state index < -0.39 is 11.8 Å². The van der Waals surface area contributed by atoms with Gasteiger partial charge in [0.15, 0.2) is 6.61 Å². The Morgan fingerprint density at radius 3 is 2.45 bits per heavy atom. The summed E-state index contributed by atoms with van der Waals surface area (Å²) in [7, 11) is 0. The summed E-state index contributed by atoms with van der Waals surface area (Å²) in [6, 6.07) is 14.4. The molecule has 5 nitrogen and oxygen atoms in total. The Balaban J connectivity index is 1.42. The SMILES string of the molecule is O=C(/C=C/c1c(F)cccc1Cl)OCC(=O)N1CCN(Cc2ccccc2)CC1. The van der Waals surface area contributed by atoms with E-state index in [1.165, 1.54) is 29.8 Å². The molecule has 0 aromatic heterocycles. The van der Waals surface area contributed by atoms with Crippen LogP contribution in [0.15, 0.2) is 54.6 Å². The van der Waals surface area contributed by atoms with E-state index in [0.29, 0.717) is 13.1 Å². The van der Waals surface area contributed by atoms with Crippen LogP contribution in [0.2, 0.25) is 5.02 Å². The fourth-order valence-corrected chi connectivity index (χ4v) is 3.32. The average molecular weight is 417 g/mol. The predicted octanol–water partition coefficient (Wildman–Crippen LogP) is 3.38. The first-order valence-electron chi connectivity index (χ1n) is 9.36. The van der Waals surface area contributed by atoms with Crippen molar-refractivity contribution in [3.8, 4) is 0 Å². The van der Waals surface area contributed by atoms with Gasteiger partial charge in [-0.05, 0) is 23.8 Å². The van der Waals surface area contributed by atoms with Crippen LogP contribution in [0.4, 0.5) is 4.39 Å². The highest BCUT2D eigenvalue weighted by Crippen LogP contribution is 2.20. The van der Waals surface area contributed by atoms with E-state index in [-0.39, 0.29) is 23.1 Å². The molecule has 1 heterocycles. The smallest absolute Gasteiger partial charge is 0.331 e. The van der Waals surface area contributed by atoms with Gasteiger partial charge in [0.1, 0.15) is 5.82 Å². The molecule has 1 fully saturated rings. The van der Waals surface area contributed by atoms with Crippen molar-refractivity contribution in [2.75, 3.05) is 32.8 Å². The Bertz CT molecular complexity index is 861. The van der Waals surface area contributed by atoms with Gasteiger partial charge >= 0.3 is 5.97 Å². The highest BCUT2D eigenvalue weighted by molar-refractivity contribution is 6.32. The first kappa shape index (κ1) is 21.0. The molecule has 0 radical (unpaired) electrons. The fraction of sp³-hybridized carbons (Fsp3) is 0.273. The van der Waals surface area contributed by atoms with E-state index in [2.05, 4.69) is 17.0 Å². The molecule has 3 rings (SSSR count). The number of halogens is 2. The molecule has 2 aromatic rings. The van der Waals surface area contributed by atoms with Gasteiger partial charge in [-0.2, -0.15) is 0 Å². The molecule has 1 aliphatic rings. The number of esters is 1. The van der Waals surface area contributed by atoms with Gasteiger partial charge in [-0.3, -0.25) is 9.69 Å². The van der Waals surface area contributed by atoms with Crippen LogP contribution in [-0.4, -0.2) is 54.5 Å². The molecule has 0 atom stereocenters. The van der Waals surface area contributed by atoms with Crippen LogP contribution in [0.5, 0.6) is 0 Å². The van der Waals surface area contributed by atoms with Gasteiger partial charge in [-0.25, -0.2) is 9.18 Å². The molecule has 29 heavy (non-hydrogen) atoms. The molecule has 1 amide bonds. The second kappa shape index (κ2) is 10.2. The van der Waals surface area contributed by atoms with Gasteiger partial charge in [-0.15, -0.1) is 0 Å². The van der Waals surface area contributed by atoms with Crippen molar-refractivity contribution in [2.24, 2.45) is 0 Å². The molecule has 0 spiro atoms. The number of nitrogens with zero attached hydrogens (tertiary/aromatic N) is 2. The minimum atomic E-state index is -0.722. The average Bonchev–Trinajstić information content (AvgIpc) is 2.73. The number of benzene rings is 2. The fourth-order valence-electron chi connectivity index (χ4n) is 3.09. The van der Waals surface area contributed by atoms with E-state index in [4.69, 9.17) is 16.3 Å². The predicted molar refractivity (Wildman–Crippen MR) is 110 cm³/mol. The third-order valence-corrected chi connectivity index (χ3v) is 5.03. The summed E-state index contributed by atoms with van der Waals surface area (Å²) in [5.41, 5.74) is 1.34. The van der Waals surface area contributed by atoms with Crippen LogP contribution < -0.4 is 0 Å². The zero-order valence-electron chi connectivity index (χ0n) is 15.9. The van der Waals surface area contributed by atoms with Gasteiger partial charge in [0, 0.05) is 44.4 Å². The number of piperazine rings is 1. The van der Waals surface area contributed by atoms with Gasteiger partial charge in [0.05, 0.1) is 5.02 Å². The van der Waals surface area contributed by atoms with E-state index in [0.717, 1.165) is 25.7 Å². The lowest BCUT2D eigenvalue weighted by Crippen LogP contribution is -2.49. The number of carbonyl (C=O) groups excluding carboxylic acids is 2. The molecule has 0 saturated carbocycles. The molecular formula is C22H22ClFN2O3. The summed E-state index contributed by atoms with van der Waals surface area (Å²) in [6.07, 6.45) is 2.31. The number of ether oxygens (including phenoxy) is 1. The van der Waals surface area contributed by atoms with Gasteiger partial charge in [0.25, 0.3) is 5.91 Å². The second-order valence-corrected chi connectivity index (χ2v) is 7.13. The summed E-state index contributed by atoms with van der Waals surface area (Å²) in [5, 5.41) is 0.193. The number of amides is 1. The summed E-state index contributed by atoms with van der Waals surface area (Å²) in [5.74, 6) is -1.50. The van der Waals surface area contributed by atoms with Crippen LogP contribution >= 0.6 is 11.6 Å². The van der Waals surface area contributed by atoms with Crippen LogP contribution in [0, 0.1) is 5.82 Å². The second-order valence-electron chi connectivity index (χ2n) is 6.72. The molecule has 0 bridgehead atoms. The number of carbonyl (C=O) groups is 2. The topological polar surface area (TPSA) is 49.9 Å². The van der Waals surface area contributed by atoms with Gasteiger partial charge in [0.2, 0.25) is 0 Å². The number of hydrogen-bond acceptors (Lipinski definition) is 4. The van der Waals surface area contributed by atoms with Crippen molar-refractivity contribution in [3.05, 3.63) is 76.6 Å². The molecule has 152 valence electrons. The molecule has 1 aliphatic heterocycles. The Morgan fingerprint density at radius 2 is 1.76 bits per heavy atom. The van der Waals surface area contributed by atoms with E-state index in [1.807, 2.05) is 18.2 Å². The minimum absolute atomic E-state index is 0.104. The van der Waals surface area contributed by atoms with Gasteiger partial charge in [-0.1, -0.05) is 48.0 Å². The van der Waals surface area contributed by atoms with Crippen molar-refractivity contribution >= 4 is 29.6 Å². The highest BCUT2D eigenvalue weighted by atomic mass is 35.5. The van der Waals surface area contributed by atoms with Crippen LogP contribution in [0.1, 0.15) is 11.1 Å². The Labute approximate surface area is 174 Å². The largest absolute Gasteiger partial charge is 0.452 e. The van der Waals surface area contributed by atoms with Crippen molar-refractivity contribution in [3.63, 3.8) is 0 Å². The third kappa shape index (κ3) is 6.14. The summed E-state index contributed by atoms with van der Waals surface area (Å²) >= 11 is 5.90. The summed E-state index contributed by atoms with van der Waals surface area (Å²) in [4.78, 5) is 28.1. The van der Waals surface area contributed by atoms with Crippen molar-refractivity contribution in [1.29, 1.82) is 0 Å². The zero-order valence-corrected chi connectivity index (χ0v) is 16.6. The van der Waals surface area contributed by atoms with E-state index in [9.17, 15) is 14.0 Å². The molecule has 0 N–H and O–H groups in total. The maximum Gasteiger partial charge on any atom is 0.331 e. The van der Waals surface area contributed by atoms with E-state index in [1.54, 1.807) is 4.90 Å². The molecule has 2 aromatic carbocycles. The maximum absolute atomic E-state index is 13.7. The zero-order chi connectivity index (χ0) is 20.6. The molecule has 1 saturated heterocycles. The standard InChI is InChI=1S/C22H22ClFN2O3/c23-19-7-4-8-20(24)18(19)9-10-22(28)29-16-21(27)26-13-11-25(12-14-26)15-17-5-2-1-3-6-17/h1-10H,11-16H2/b10-9+. The molecule has 0 unspecified atom stereocenters. The lowest BCUT2D eigenvalue weighted by atomic mass is 10.2. The molecular weight excluding hydrogens is 395 g/mol. The van der Waals surface area contributed by atoms with Crippen LogP contribution in [0.3, 0.4) is 0 Å². The summed E-state index contributed by atoms with van der Waals surface area (Å²) < 4.78 is 18.7. The lowest BCUT2D eigenvalue weighted by molar-refractivity contribution is -0.149. The van der Waals surface area contributed by atoms with Gasteiger partial charge < -0.3 is 9.64 Å². The van der Waals surface area contributed by atoms with Crippen LogP contribution in [-0.2, 0) is 20.9 Å². The highest BCUT2D eigenvalue weighted by Gasteiger charge is 2.21. The minimum Gasteiger partial charge on any atom is -0.452 e. The number of hydrogen-bond donors (Lipinski definition) is 0. The monoisotopic (exact) mass is 416 g/mol. The quantitative estimate of drug-likeness (QED) is 0.535. The van der Waals surface area contributed by atoms with Crippen LogP contribution in [0.25, 0.3) is 6.08 Å².